The van der Waals surface area contributed by atoms with Crippen molar-refractivity contribution >= 4 is 60.1 Å². The van der Waals surface area contributed by atoms with Crippen molar-refractivity contribution in [2.45, 2.75) is 52.2 Å². The predicted molar refractivity (Wildman–Crippen MR) is 164 cm³/mol. The second kappa shape index (κ2) is 14.8. The Bertz CT molecular complexity index is 1360. The third-order valence-corrected chi connectivity index (χ3v) is 7.73. The minimum Gasteiger partial charge on any atom is -0.450 e. The van der Waals surface area contributed by atoms with E-state index < -0.39 is 37.9 Å². The highest BCUT2D eigenvalue weighted by Gasteiger charge is 2.19. The van der Waals surface area contributed by atoms with E-state index >= 15 is 8.78 Å². The fourth-order valence-electron chi connectivity index (χ4n) is 3.55. The lowest BCUT2D eigenvalue weighted by Gasteiger charge is -2.19. The molecule has 0 aliphatic heterocycles. The van der Waals surface area contributed by atoms with Crippen molar-refractivity contribution in [3.05, 3.63) is 47.2 Å². The van der Waals surface area contributed by atoms with Crippen molar-refractivity contribution in [1.82, 2.24) is 14.9 Å². The number of aromatic nitrogens is 2. The normalized spacial score (nSPS) is 12.2. The van der Waals surface area contributed by atoms with Gasteiger partial charge in [0.05, 0.1) is 17.0 Å². The second-order valence-corrected chi connectivity index (χ2v) is 15.1. The van der Waals surface area contributed by atoms with Crippen LogP contribution in [0.4, 0.5) is 19.3 Å². The molecule has 9 nitrogen and oxygen atoms in total. The Balaban J connectivity index is 1.69. The van der Waals surface area contributed by atoms with Crippen molar-refractivity contribution in [3.8, 4) is 11.5 Å². The maximum absolute atomic E-state index is 15.1. The predicted octanol–water partition coefficient (Wildman–Crippen LogP) is 6.88. The number of hydrogen-bond acceptors (Lipinski definition) is 7. The summed E-state index contributed by atoms with van der Waals surface area (Å²) in [5.41, 5.74) is 0.0223. The first-order valence-electron chi connectivity index (χ1n) is 13.1. The van der Waals surface area contributed by atoms with E-state index in [0.717, 1.165) is 18.2 Å². The number of nitrogens with zero attached hydrogens (tertiary/aromatic N) is 3. The third-order valence-electron chi connectivity index (χ3n) is 5.43. The maximum Gasteiger partial charge on any atom is 0.407 e. The topological polar surface area (TPSA) is 99.0 Å². The quantitative estimate of drug-likeness (QED) is 0.104. The Labute approximate surface area is 249 Å². The molecule has 2 aromatic heterocycles. The average Bonchev–Trinajstić information content (AvgIpc) is 3.20. The van der Waals surface area contributed by atoms with Gasteiger partial charge in [0.15, 0.2) is 22.6 Å². The number of ether oxygens (including phenoxy) is 3. The van der Waals surface area contributed by atoms with E-state index in [-0.39, 0.29) is 31.3 Å². The molecule has 1 amide bonds. The molecule has 2 N–H and O–H groups in total. The van der Waals surface area contributed by atoms with Gasteiger partial charge in [-0.2, -0.15) is 0 Å². The monoisotopic (exact) mass is 627 g/mol. The van der Waals surface area contributed by atoms with Gasteiger partial charge in [-0.1, -0.05) is 36.5 Å². The summed E-state index contributed by atoms with van der Waals surface area (Å²) < 4.78 is 48.5. The highest BCUT2D eigenvalue weighted by atomic mass is 35.5. The highest BCUT2D eigenvalue weighted by molar-refractivity contribution is 8.13. The molecule has 0 saturated carbocycles. The fraction of sp³-hybridized carbons (Fsp3) is 0.444. The van der Waals surface area contributed by atoms with Gasteiger partial charge in [-0.25, -0.2) is 18.6 Å². The summed E-state index contributed by atoms with van der Waals surface area (Å²) in [6.45, 7) is 11.2. The van der Waals surface area contributed by atoms with Crippen molar-refractivity contribution in [1.29, 1.82) is 0 Å². The molecular weight excluding hydrogens is 592 g/mol. The molecular formula is C27H36ClF2N5O4SSi. The summed E-state index contributed by atoms with van der Waals surface area (Å²) in [5.74, 6) is -2.24. The molecule has 3 rings (SSSR count). The number of amides is 1. The summed E-state index contributed by atoms with van der Waals surface area (Å²) >= 11 is 7.71. The maximum atomic E-state index is 15.1. The zero-order chi connectivity index (χ0) is 30.2. The molecule has 0 radical (unpaired) electrons. The number of hydrogen-bond donors (Lipinski definition) is 2. The van der Waals surface area contributed by atoms with Gasteiger partial charge in [-0.05, 0) is 39.1 Å². The zero-order valence-corrected chi connectivity index (χ0v) is 26.7. The lowest BCUT2D eigenvalue weighted by atomic mass is 10.2. The molecule has 0 atom stereocenters. The number of carbonyl (C=O) groups excluding carboxylic acids is 1. The Morgan fingerprint density at radius 2 is 1.95 bits per heavy atom. The summed E-state index contributed by atoms with van der Waals surface area (Å²) in [4.78, 5) is 20.4. The molecule has 0 fully saturated rings. The van der Waals surface area contributed by atoms with Crippen LogP contribution in [0.3, 0.4) is 0 Å². The second-order valence-electron chi connectivity index (χ2n) is 10.5. The van der Waals surface area contributed by atoms with E-state index in [1.165, 1.54) is 24.0 Å². The summed E-state index contributed by atoms with van der Waals surface area (Å²) in [6, 6.07) is 4.77. The van der Waals surface area contributed by atoms with Crippen LogP contribution in [0, 0.1) is 11.6 Å². The zero-order valence-electron chi connectivity index (χ0n) is 24.0. The lowest BCUT2D eigenvalue weighted by Crippen LogP contribution is -2.33. The molecule has 14 heteroatoms. The Morgan fingerprint density at radius 1 is 1.24 bits per heavy atom. The van der Waals surface area contributed by atoms with Crippen LogP contribution in [0.5, 0.6) is 11.5 Å². The van der Waals surface area contributed by atoms with E-state index in [9.17, 15) is 4.79 Å². The van der Waals surface area contributed by atoms with Gasteiger partial charge >= 0.3 is 6.09 Å². The van der Waals surface area contributed by atoms with Crippen LogP contribution in [0.1, 0.15) is 20.8 Å². The molecule has 3 aromatic rings. The van der Waals surface area contributed by atoms with Gasteiger partial charge in [0, 0.05) is 52.2 Å². The van der Waals surface area contributed by atoms with Gasteiger partial charge in [0.1, 0.15) is 23.7 Å². The molecule has 0 aliphatic rings. The van der Waals surface area contributed by atoms with Crippen LogP contribution in [0.15, 0.2) is 35.6 Å². The molecule has 0 aliphatic carbocycles. The molecule has 2 heterocycles. The number of fused-ring (bicyclic) bond motifs is 1. The van der Waals surface area contributed by atoms with E-state index in [4.69, 9.17) is 25.8 Å². The molecule has 1 aromatic carbocycles. The van der Waals surface area contributed by atoms with E-state index in [1.54, 1.807) is 37.8 Å². The fourth-order valence-corrected chi connectivity index (χ4v) is 4.93. The van der Waals surface area contributed by atoms with Crippen LogP contribution in [0.2, 0.25) is 24.2 Å². The number of alkyl carbamates (subject to hydrolysis) is 1. The Morgan fingerprint density at radius 3 is 2.59 bits per heavy atom. The standard InChI is InChI=1S/C27H36ClF2N5O4SSi/c1-27(2,3)39-26(36)33-10-9-32-25(40-4)34-17-13-19(29)23(20(30)14-17)38-21-7-8-31-24-22(21)18(28)15-35(24)16-37-11-12-41(5)6/h7-8,13-15,41H,9-12,16H2,1-6H3,(H,32,34)(H,33,36). The van der Waals surface area contributed by atoms with E-state index in [1.807, 2.05) is 0 Å². The number of amidine groups is 1. The van der Waals surface area contributed by atoms with Crippen molar-refractivity contribution in [3.63, 3.8) is 0 Å². The third kappa shape index (κ3) is 9.87. The Hall–Kier alpha value is -2.87. The van der Waals surface area contributed by atoms with Gasteiger partial charge < -0.3 is 29.4 Å². The summed E-state index contributed by atoms with van der Waals surface area (Å²) in [5, 5.41) is 6.65. The van der Waals surface area contributed by atoms with Crippen molar-refractivity contribution in [2.75, 3.05) is 31.3 Å². The molecule has 0 saturated heterocycles. The number of rotatable bonds is 11. The number of halogens is 3. The minimum absolute atomic E-state index is 0.145. The number of carbonyl (C=O) groups is 1. The summed E-state index contributed by atoms with van der Waals surface area (Å²) in [7, 11) is -0.726. The first-order valence-corrected chi connectivity index (χ1v) is 17.8. The first kappa shape index (κ1) is 32.6. The van der Waals surface area contributed by atoms with Crippen LogP contribution in [-0.4, -0.2) is 61.2 Å². The van der Waals surface area contributed by atoms with Gasteiger partial charge in [0.2, 0.25) is 0 Å². The van der Waals surface area contributed by atoms with Crippen LogP contribution >= 0.6 is 23.4 Å². The number of thioether (sulfide) groups is 1. The smallest absolute Gasteiger partial charge is 0.407 e. The molecule has 0 unspecified atom stereocenters. The van der Waals surface area contributed by atoms with Gasteiger partial charge in [-0.15, -0.1) is 0 Å². The minimum atomic E-state index is -0.916. The van der Waals surface area contributed by atoms with E-state index in [0.29, 0.717) is 27.8 Å². The number of nitrogens with one attached hydrogen (secondary N) is 2. The largest absolute Gasteiger partial charge is 0.450 e. The Kier molecular flexibility index (Phi) is 11.8. The van der Waals surface area contributed by atoms with Crippen molar-refractivity contribution in [2.24, 2.45) is 4.99 Å². The lowest BCUT2D eigenvalue weighted by molar-refractivity contribution is 0.0529. The average molecular weight is 628 g/mol. The molecule has 41 heavy (non-hydrogen) atoms. The number of anilines is 1. The molecule has 0 spiro atoms. The molecule has 224 valence electrons. The van der Waals surface area contributed by atoms with E-state index in [2.05, 4.69) is 33.7 Å². The van der Waals surface area contributed by atoms with Crippen LogP contribution < -0.4 is 15.4 Å². The number of aliphatic imine (C=N–C) groups is 1. The summed E-state index contributed by atoms with van der Waals surface area (Å²) in [6.07, 6.45) is 4.35. The van der Waals surface area contributed by atoms with Gasteiger partial charge in [0.25, 0.3) is 0 Å². The van der Waals surface area contributed by atoms with Crippen molar-refractivity contribution < 1.29 is 27.8 Å². The molecule has 0 bridgehead atoms. The van der Waals surface area contributed by atoms with Crippen LogP contribution in [-0.2, 0) is 16.2 Å². The van der Waals surface area contributed by atoms with Crippen LogP contribution in [0.25, 0.3) is 11.0 Å². The highest BCUT2D eigenvalue weighted by Crippen LogP contribution is 2.37. The number of benzene rings is 1. The number of pyridine rings is 1. The first-order chi connectivity index (χ1) is 19.4. The van der Waals surface area contributed by atoms with Gasteiger partial charge in [-0.3, -0.25) is 4.99 Å². The SMILES string of the molecule is CS/C(=N\CCNC(=O)OC(C)(C)C)Nc1cc(F)c(Oc2ccnc3c2c(Cl)cn3COCC[SiH](C)C)c(F)c1.